The predicted octanol–water partition coefficient (Wildman–Crippen LogP) is 5.15. The third-order valence-electron chi connectivity index (χ3n) is 6.44. The van der Waals surface area contributed by atoms with E-state index in [-0.39, 0.29) is 18.1 Å². The van der Waals surface area contributed by atoms with Gasteiger partial charge in [0, 0.05) is 6.42 Å². The number of rotatable bonds is 10. The van der Waals surface area contributed by atoms with E-state index in [1.54, 1.807) is 0 Å². The van der Waals surface area contributed by atoms with Gasteiger partial charge in [-0.25, -0.2) is 4.98 Å². The lowest BCUT2D eigenvalue weighted by atomic mass is 10.1. The fraction of sp³-hybridized carbons (Fsp3) is 0.241. The number of nitrogens with one attached hydrogen (secondary N) is 2. The van der Waals surface area contributed by atoms with E-state index in [4.69, 9.17) is 9.47 Å². The van der Waals surface area contributed by atoms with E-state index in [9.17, 15) is 4.79 Å². The van der Waals surface area contributed by atoms with Crippen molar-refractivity contribution < 1.29 is 14.3 Å². The fourth-order valence-corrected chi connectivity index (χ4v) is 4.48. The maximum absolute atomic E-state index is 12.7. The van der Waals surface area contributed by atoms with Crippen LogP contribution >= 0.6 is 0 Å². The predicted molar refractivity (Wildman–Crippen MR) is 135 cm³/mol. The molecule has 1 aliphatic carbocycles. The molecule has 0 fully saturated rings. The zero-order valence-corrected chi connectivity index (χ0v) is 19.7. The molecule has 35 heavy (non-hydrogen) atoms. The average molecular weight is 468 g/mol. The van der Waals surface area contributed by atoms with Gasteiger partial charge in [-0.15, -0.1) is 0 Å². The first kappa shape index (κ1) is 22.9. The van der Waals surface area contributed by atoms with Crippen LogP contribution in [0.5, 0.6) is 5.75 Å². The van der Waals surface area contributed by atoms with Crippen molar-refractivity contribution in [2.75, 3.05) is 6.61 Å². The van der Waals surface area contributed by atoms with Crippen molar-refractivity contribution >= 4 is 5.91 Å². The summed E-state index contributed by atoms with van der Waals surface area (Å²) >= 11 is 0. The Labute approximate surface area is 205 Å². The number of hydrogen-bond donors (Lipinski definition) is 2. The summed E-state index contributed by atoms with van der Waals surface area (Å²) in [5, 5.41) is 3.08. The quantitative estimate of drug-likeness (QED) is 0.298. The van der Waals surface area contributed by atoms with E-state index in [1.165, 1.54) is 34.8 Å². The highest BCUT2D eigenvalue weighted by molar-refractivity contribution is 5.92. The van der Waals surface area contributed by atoms with E-state index in [0.29, 0.717) is 25.3 Å². The van der Waals surface area contributed by atoms with Crippen LogP contribution in [0.3, 0.4) is 0 Å². The lowest BCUT2D eigenvalue weighted by Crippen LogP contribution is -2.44. The number of amides is 1. The van der Waals surface area contributed by atoms with Crippen LogP contribution in [-0.4, -0.2) is 34.6 Å². The number of ether oxygens (including phenoxy) is 2. The first-order valence-electron chi connectivity index (χ1n) is 12.0. The van der Waals surface area contributed by atoms with E-state index < -0.39 is 0 Å². The highest BCUT2D eigenvalue weighted by Crippen LogP contribution is 2.38. The van der Waals surface area contributed by atoms with Gasteiger partial charge < -0.3 is 19.8 Å². The molecule has 6 nitrogen and oxygen atoms in total. The zero-order chi connectivity index (χ0) is 24.0. The molecule has 1 aliphatic rings. The van der Waals surface area contributed by atoms with Crippen molar-refractivity contribution in [3.05, 3.63) is 108 Å². The number of carbonyl (C=O) groups is 1. The van der Waals surface area contributed by atoms with Crippen LogP contribution in [0.2, 0.25) is 0 Å². The molecule has 2 N–H and O–H groups in total. The number of aromatic amines is 1. The molecule has 6 heteroatoms. The summed E-state index contributed by atoms with van der Waals surface area (Å²) in [4.78, 5) is 19.5. The normalized spacial score (nSPS) is 13.5. The van der Waals surface area contributed by atoms with E-state index in [0.717, 1.165) is 17.7 Å². The lowest BCUT2D eigenvalue weighted by molar-refractivity contribution is 0.0212. The summed E-state index contributed by atoms with van der Waals surface area (Å²) in [6, 6.07) is 24.6. The largest absolute Gasteiger partial charge is 0.494 e. The van der Waals surface area contributed by atoms with E-state index in [2.05, 4.69) is 51.7 Å². The molecule has 0 unspecified atom stereocenters. The summed E-state index contributed by atoms with van der Waals surface area (Å²) in [5.74, 6) is 0.631. The minimum atomic E-state index is -0.229. The number of fused-ring (bicyclic) bond motifs is 3. The van der Waals surface area contributed by atoms with Gasteiger partial charge in [0.05, 0.1) is 37.9 Å². The molecule has 4 aromatic rings. The molecule has 2 atom stereocenters. The number of benzene rings is 3. The first-order chi connectivity index (χ1) is 17.2. The highest BCUT2D eigenvalue weighted by atomic mass is 16.5. The first-order valence-corrected chi connectivity index (χ1v) is 12.0. The fourth-order valence-electron chi connectivity index (χ4n) is 4.48. The zero-order valence-electron chi connectivity index (χ0n) is 19.7. The van der Waals surface area contributed by atoms with Crippen LogP contribution in [0.25, 0.3) is 11.1 Å². The van der Waals surface area contributed by atoms with Crippen LogP contribution in [0.1, 0.15) is 40.5 Å². The Morgan fingerprint density at radius 2 is 1.83 bits per heavy atom. The second-order valence-corrected chi connectivity index (χ2v) is 8.84. The van der Waals surface area contributed by atoms with Gasteiger partial charge in [0.25, 0.3) is 5.91 Å². The SMILES string of the molecule is C[C@H](OCc1ccccc1)[C@@H](CCOc1ccc2c(c1)Cc1ccccc1-2)NC(=O)c1cnc[nH]1. The summed E-state index contributed by atoms with van der Waals surface area (Å²) in [6.07, 6.45) is 4.33. The average Bonchev–Trinajstić information content (AvgIpc) is 3.55. The van der Waals surface area contributed by atoms with Crippen molar-refractivity contribution in [1.29, 1.82) is 0 Å². The molecule has 1 amide bonds. The van der Waals surface area contributed by atoms with Gasteiger partial charge in [-0.1, -0.05) is 60.7 Å². The summed E-state index contributed by atoms with van der Waals surface area (Å²) in [5.41, 5.74) is 6.73. The molecule has 1 heterocycles. The Morgan fingerprint density at radius 1 is 1.03 bits per heavy atom. The van der Waals surface area contributed by atoms with Crippen LogP contribution in [0.4, 0.5) is 0 Å². The van der Waals surface area contributed by atoms with Gasteiger partial charge in [-0.2, -0.15) is 0 Å². The molecule has 178 valence electrons. The van der Waals surface area contributed by atoms with Gasteiger partial charge >= 0.3 is 0 Å². The van der Waals surface area contributed by atoms with Crippen molar-refractivity contribution in [3.63, 3.8) is 0 Å². The van der Waals surface area contributed by atoms with Crippen LogP contribution in [0, 0.1) is 0 Å². The van der Waals surface area contributed by atoms with Gasteiger partial charge in [-0.05, 0) is 53.3 Å². The summed E-state index contributed by atoms with van der Waals surface area (Å²) in [7, 11) is 0. The molecular formula is C29H29N3O3. The number of nitrogens with zero attached hydrogens (tertiary/aromatic N) is 1. The monoisotopic (exact) mass is 467 g/mol. The maximum Gasteiger partial charge on any atom is 0.269 e. The second kappa shape index (κ2) is 10.6. The van der Waals surface area contributed by atoms with Crippen molar-refractivity contribution in [1.82, 2.24) is 15.3 Å². The van der Waals surface area contributed by atoms with Gasteiger partial charge in [0.15, 0.2) is 0 Å². The topological polar surface area (TPSA) is 76.2 Å². The number of H-pyrrole nitrogens is 1. The number of hydrogen-bond acceptors (Lipinski definition) is 4. The third kappa shape index (κ3) is 5.44. The number of aromatic nitrogens is 2. The van der Waals surface area contributed by atoms with Crippen LogP contribution in [-0.2, 0) is 17.8 Å². The van der Waals surface area contributed by atoms with Crippen LogP contribution < -0.4 is 10.1 Å². The van der Waals surface area contributed by atoms with Gasteiger partial charge in [0.2, 0.25) is 0 Å². The molecule has 1 aromatic heterocycles. The molecule has 0 bridgehead atoms. The minimum absolute atomic E-state index is 0.208. The molecule has 0 saturated heterocycles. The molecule has 5 rings (SSSR count). The summed E-state index contributed by atoms with van der Waals surface area (Å²) in [6.45, 7) is 2.91. The molecule has 0 spiro atoms. The number of carbonyl (C=O) groups excluding carboxylic acids is 1. The maximum atomic E-state index is 12.7. The Morgan fingerprint density at radius 3 is 2.66 bits per heavy atom. The standard InChI is InChI=1S/C29H29N3O3/c1-20(35-18-21-7-3-2-4-8-21)27(32-29(33)28-17-30-19-31-28)13-14-34-24-11-12-26-23(16-24)15-22-9-5-6-10-25(22)26/h2-12,16-17,19-20,27H,13-15,18H2,1H3,(H,30,31)(H,32,33)/t20-,27+/m0/s1. The Hall–Kier alpha value is -3.90. The smallest absolute Gasteiger partial charge is 0.269 e. The van der Waals surface area contributed by atoms with Crippen molar-refractivity contribution in [3.8, 4) is 16.9 Å². The van der Waals surface area contributed by atoms with Crippen molar-refractivity contribution in [2.45, 2.75) is 38.5 Å². The molecular weight excluding hydrogens is 438 g/mol. The number of imidazole rings is 1. The Bertz CT molecular complexity index is 1270. The van der Waals surface area contributed by atoms with E-state index in [1.807, 2.05) is 43.3 Å². The lowest BCUT2D eigenvalue weighted by Gasteiger charge is -2.25. The van der Waals surface area contributed by atoms with E-state index >= 15 is 0 Å². The third-order valence-corrected chi connectivity index (χ3v) is 6.44. The Balaban J connectivity index is 1.21. The highest BCUT2D eigenvalue weighted by Gasteiger charge is 2.22. The van der Waals surface area contributed by atoms with Gasteiger partial charge in [-0.3, -0.25) is 4.79 Å². The molecule has 0 saturated carbocycles. The van der Waals surface area contributed by atoms with Crippen LogP contribution in [0.15, 0.2) is 85.3 Å². The minimum Gasteiger partial charge on any atom is -0.494 e. The Kier molecular flexibility index (Phi) is 6.91. The molecule has 0 radical (unpaired) electrons. The summed E-state index contributed by atoms with van der Waals surface area (Å²) < 4.78 is 12.2. The molecule has 0 aliphatic heterocycles. The molecule has 3 aromatic carbocycles. The second-order valence-electron chi connectivity index (χ2n) is 8.84. The van der Waals surface area contributed by atoms with Gasteiger partial charge in [0.1, 0.15) is 11.4 Å². The van der Waals surface area contributed by atoms with Crippen molar-refractivity contribution in [2.24, 2.45) is 0 Å².